The molecule has 0 aromatic heterocycles. The van der Waals surface area contributed by atoms with Gasteiger partial charge in [0.1, 0.15) is 0 Å². The summed E-state index contributed by atoms with van der Waals surface area (Å²) in [6.45, 7) is 2.75. The Labute approximate surface area is 65.3 Å². The van der Waals surface area contributed by atoms with Crippen LogP contribution in [-0.4, -0.2) is 24.4 Å². The summed E-state index contributed by atoms with van der Waals surface area (Å²) in [5.41, 5.74) is 0. The summed E-state index contributed by atoms with van der Waals surface area (Å²) < 4.78 is 0. The molecule has 4 nitrogen and oxygen atoms in total. The van der Waals surface area contributed by atoms with Gasteiger partial charge in [0.05, 0.1) is 0 Å². The van der Waals surface area contributed by atoms with Gasteiger partial charge in [-0.25, -0.2) is 0 Å². The van der Waals surface area contributed by atoms with E-state index in [-0.39, 0.29) is 17.9 Å². The van der Waals surface area contributed by atoms with Crippen LogP contribution >= 0.6 is 0 Å². The number of amides is 2. The molecule has 2 N–H and O–H groups in total. The lowest BCUT2D eigenvalue weighted by Crippen LogP contribution is -2.46. The van der Waals surface area contributed by atoms with Crippen LogP contribution in [0.2, 0.25) is 0 Å². The van der Waals surface area contributed by atoms with E-state index in [1.165, 1.54) is 0 Å². The van der Waals surface area contributed by atoms with Crippen LogP contribution in [0.1, 0.15) is 19.8 Å². The number of carbonyl (C=O) groups excluding carboxylic acids is 2. The molecular formula is C7H12N2O2. The molecule has 1 fully saturated rings. The monoisotopic (exact) mass is 156 g/mol. The normalized spacial score (nSPS) is 20.1. The fourth-order valence-electron chi connectivity index (χ4n) is 1.21. The highest BCUT2D eigenvalue weighted by atomic mass is 16.2. The second-order valence-corrected chi connectivity index (χ2v) is 2.63. The molecule has 0 unspecified atom stereocenters. The van der Waals surface area contributed by atoms with E-state index in [2.05, 4.69) is 10.6 Å². The molecule has 0 aromatic carbocycles. The van der Waals surface area contributed by atoms with Gasteiger partial charge in [-0.05, 0) is 6.54 Å². The predicted molar refractivity (Wildman–Crippen MR) is 39.8 cm³/mol. The number of nitrogens with one attached hydrogen (secondary N) is 2. The zero-order chi connectivity index (χ0) is 8.27. The minimum atomic E-state index is -0.174. The molecule has 0 bridgehead atoms. The Balaban J connectivity index is 2.43. The Bertz CT molecular complexity index is 163. The van der Waals surface area contributed by atoms with Crippen molar-refractivity contribution >= 4 is 11.8 Å². The van der Waals surface area contributed by atoms with Gasteiger partial charge in [0.2, 0.25) is 11.8 Å². The van der Waals surface area contributed by atoms with E-state index in [0.717, 1.165) is 6.54 Å². The molecule has 1 rings (SSSR count). The summed E-state index contributed by atoms with van der Waals surface area (Å²) in [5, 5.41) is 5.31. The molecule has 0 radical (unpaired) electrons. The first-order valence-electron chi connectivity index (χ1n) is 3.78. The van der Waals surface area contributed by atoms with Crippen LogP contribution in [0.25, 0.3) is 0 Å². The third-order valence-electron chi connectivity index (χ3n) is 1.64. The maximum Gasteiger partial charge on any atom is 0.228 e. The third kappa shape index (κ3) is 2.31. The third-order valence-corrected chi connectivity index (χ3v) is 1.64. The van der Waals surface area contributed by atoms with Crippen molar-refractivity contribution in [3.05, 3.63) is 0 Å². The van der Waals surface area contributed by atoms with E-state index >= 15 is 0 Å². The SMILES string of the molecule is CCNC1CC(=O)NC(=O)C1. The largest absolute Gasteiger partial charge is 0.313 e. The van der Waals surface area contributed by atoms with Gasteiger partial charge in [0, 0.05) is 18.9 Å². The molecule has 11 heavy (non-hydrogen) atoms. The first-order valence-corrected chi connectivity index (χ1v) is 3.78. The quantitative estimate of drug-likeness (QED) is 0.525. The van der Waals surface area contributed by atoms with Gasteiger partial charge in [-0.1, -0.05) is 6.92 Å². The second kappa shape index (κ2) is 3.48. The van der Waals surface area contributed by atoms with Crippen LogP contribution in [0, 0.1) is 0 Å². The molecular weight excluding hydrogens is 144 g/mol. The smallest absolute Gasteiger partial charge is 0.228 e. The first-order chi connectivity index (χ1) is 5.22. The second-order valence-electron chi connectivity index (χ2n) is 2.63. The number of hydrogen-bond acceptors (Lipinski definition) is 3. The number of imide groups is 1. The molecule has 0 atom stereocenters. The van der Waals surface area contributed by atoms with Crippen LogP contribution in [0.15, 0.2) is 0 Å². The van der Waals surface area contributed by atoms with Crippen LogP contribution < -0.4 is 10.6 Å². The Morgan fingerprint density at radius 1 is 1.45 bits per heavy atom. The highest BCUT2D eigenvalue weighted by Crippen LogP contribution is 2.03. The highest BCUT2D eigenvalue weighted by molar-refractivity contribution is 5.98. The van der Waals surface area contributed by atoms with E-state index in [0.29, 0.717) is 12.8 Å². The van der Waals surface area contributed by atoms with Gasteiger partial charge in [0.15, 0.2) is 0 Å². The van der Waals surface area contributed by atoms with Crippen LogP contribution in [0.5, 0.6) is 0 Å². The Morgan fingerprint density at radius 3 is 2.45 bits per heavy atom. The van der Waals surface area contributed by atoms with E-state index in [1.807, 2.05) is 6.92 Å². The number of carbonyl (C=O) groups is 2. The number of rotatable bonds is 2. The van der Waals surface area contributed by atoms with Crippen LogP contribution in [-0.2, 0) is 9.59 Å². The predicted octanol–water partition coefficient (Wildman–Crippen LogP) is -0.599. The molecule has 2 amide bonds. The molecule has 1 aliphatic rings. The minimum absolute atomic E-state index is 0.0428. The van der Waals surface area contributed by atoms with Crippen molar-refractivity contribution < 1.29 is 9.59 Å². The zero-order valence-electron chi connectivity index (χ0n) is 6.52. The van der Waals surface area contributed by atoms with Crippen molar-refractivity contribution in [1.82, 2.24) is 10.6 Å². The number of hydrogen-bond donors (Lipinski definition) is 2. The lowest BCUT2D eigenvalue weighted by atomic mass is 10.1. The van der Waals surface area contributed by atoms with Gasteiger partial charge in [-0.3, -0.25) is 14.9 Å². The maximum absolute atomic E-state index is 10.8. The van der Waals surface area contributed by atoms with Crippen molar-refractivity contribution in [3.8, 4) is 0 Å². The van der Waals surface area contributed by atoms with E-state index < -0.39 is 0 Å². The highest BCUT2D eigenvalue weighted by Gasteiger charge is 2.23. The fourth-order valence-corrected chi connectivity index (χ4v) is 1.21. The van der Waals surface area contributed by atoms with Gasteiger partial charge in [-0.2, -0.15) is 0 Å². The lowest BCUT2D eigenvalue weighted by molar-refractivity contribution is -0.133. The molecule has 4 heteroatoms. The first kappa shape index (κ1) is 8.20. The average Bonchev–Trinajstić information content (AvgIpc) is 1.85. The van der Waals surface area contributed by atoms with Gasteiger partial charge < -0.3 is 5.32 Å². The van der Waals surface area contributed by atoms with Crippen molar-refractivity contribution in [2.45, 2.75) is 25.8 Å². The molecule has 0 aliphatic carbocycles. The topological polar surface area (TPSA) is 58.2 Å². The van der Waals surface area contributed by atoms with Gasteiger partial charge in [0.25, 0.3) is 0 Å². The summed E-state index contributed by atoms with van der Waals surface area (Å²) in [5.74, 6) is -0.348. The van der Waals surface area contributed by atoms with Crippen molar-refractivity contribution in [2.75, 3.05) is 6.54 Å². The number of piperidine rings is 1. The average molecular weight is 156 g/mol. The van der Waals surface area contributed by atoms with E-state index in [4.69, 9.17) is 0 Å². The van der Waals surface area contributed by atoms with Crippen LogP contribution in [0.3, 0.4) is 0 Å². The summed E-state index contributed by atoms with van der Waals surface area (Å²) in [6, 6.07) is 0.0428. The van der Waals surface area contributed by atoms with E-state index in [1.54, 1.807) is 0 Å². The molecule has 0 saturated carbocycles. The summed E-state index contributed by atoms with van der Waals surface area (Å²) >= 11 is 0. The Morgan fingerprint density at radius 2 is 2.00 bits per heavy atom. The summed E-state index contributed by atoms with van der Waals surface area (Å²) in [6.07, 6.45) is 0.832. The summed E-state index contributed by atoms with van der Waals surface area (Å²) in [7, 11) is 0. The maximum atomic E-state index is 10.8. The van der Waals surface area contributed by atoms with Gasteiger partial charge in [-0.15, -0.1) is 0 Å². The van der Waals surface area contributed by atoms with Crippen LogP contribution in [0.4, 0.5) is 0 Å². The molecule has 1 aliphatic heterocycles. The fraction of sp³-hybridized carbons (Fsp3) is 0.714. The molecule has 0 aromatic rings. The van der Waals surface area contributed by atoms with Gasteiger partial charge >= 0.3 is 0 Å². The van der Waals surface area contributed by atoms with Crippen molar-refractivity contribution in [2.24, 2.45) is 0 Å². The van der Waals surface area contributed by atoms with Crippen molar-refractivity contribution in [3.63, 3.8) is 0 Å². The van der Waals surface area contributed by atoms with Crippen molar-refractivity contribution in [1.29, 1.82) is 0 Å². The lowest BCUT2D eigenvalue weighted by Gasteiger charge is -2.20. The van der Waals surface area contributed by atoms with E-state index in [9.17, 15) is 9.59 Å². The Hall–Kier alpha value is -0.900. The Kier molecular flexibility index (Phi) is 2.59. The molecule has 62 valence electrons. The molecule has 1 saturated heterocycles. The summed E-state index contributed by atoms with van der Waals surface area (Å²) in [4.78, 5) is 21.6. The minimum Gasteiger partial charge on any atom is -0.313 e. The molecule has 1 heterocycles. The zero-order valence-corrected chi connectivity index (χ0v) is 6.52. The standard InChI is InChI=1S/C7H12N2O2/c1-2-8-5-3-6(10)9-7(11)4-5/h5,8H,2-4H2,1H3,(H,9,10,11). The molecule has 0 spiro atoms.